The molecule has 0 fully saturated rings. The minimum absolute atomic E-state index is 0.0987. The van der Waals surface area contributed by atoms with Gasteiger partial charge in [0.05, 0.1) is 7.11 Å². The first-order chi connectivity index (χ1) is 13.0. The first kappa shape index (κ1) is 18.7. The molecular weight excluding hydrogens is 343 g/mol. The summed E-state index contributed by atoms with van der Waals surface area (Å²) < 4.78 is 20.0. The van der Waals surface area contributed by atoms with E-state index in [2.05, 4.69) is 23.5 Å². The normalized spacial score (nSPS) is 16.0. The zero-order valence-electron chi connectivity index (χ0n) is 15.5. The molecule has 0 radical (unpaired) electrons. The Hall–Kier alpha value is -3.08. The molecule has 140 valence electrons. The van der Waals surface area contributed by atoms with Gasteiger partial charge in [0.1, 0.15) is 0 Å². The maximum atomic E-state index is 14.6. The lowest BCUT2D eigenvalue weighted by Gasteiger charge is -2.20. The molecule has 0 bridgehead atoms. The molecule has 0 saturated carbocycles. The molecule has 4 nitrogen and oxygen atoms in total. The average Bonchev–Trinajstić information content (AvgIpc) is 2.62. The molecule has 2 aromatic carbocycles. The molecule has 3 rings (SSSR count). The molecule has 0 saturated heterocycles. The third-order valence-corrected chi connectivity index (χ3v) is 4.60. The second-order valence-corrected chi connectivity index (χ2v) is 6.72. The third kappa shape index (κ3) is 4.56. The number of anilines is 1. The summed E-state index contributed by atoms with van der Waals surface area (Å²) in [4.78, 5) is 10.9. The van der Waals surface area contributed by atoms with Gasteiger partial charge in [-0.25, -0.2) is 9.18 Å². The monoisotopic (exact) mass is 366 g/mol. The number of nitrogens with two attached hydrogens (primary N) is 1. The highest BCUT2D eigenvalue weighted by Gasteiger charge is 2.19. The number of amides is 2. The van der Waals surface area contributed by atoms with Gasteiger partial charge >= 0.3 is 6.03 Å². The minimum atomic E-state index is -0.602. The molecule has 1 atom stereocenters. The summed E-state index contributed by atoms with van der Waals surface area (Å²) in [6, 6.07) is 10.3. The van der Waals surface area contributed by atoms with Crippen molar-refractivity contribution in [3.05, 3.63) is 82.7 Å². The number of benzene rings is 2. The van der Waals surface area contributed by atoms with Gasteiger partial charge in [0, 0.05) is 17.2 Å². The van der Waals surface area contributed by atoms with Crippen LogP contribution in [0.15, 0.2) is 60.2 Å². The van der Waals surface area contributed by atoms with E-state index in [9.17, 15) is 9.18 Å². The molecule has 1 unspecified atom stereocenters. The molecule has 0 aliphatic heterocycles. The highest BCUT2D eigenvalue weighted by atomic mass is 19.1. The molecule has 2 amide bonds. The topological polar surface area (TPSA) is 64.3 Å². The van der Waals surface area contributed by atoms with Gasteiger partial charge < -0.3 is 15.8 Å². The standard InChI is InChI=1S/C22H23FN2O2/c1-14-4-3-5-17(10-14)19-12-16(13-20(23)21(19)27-2)11-15-6-8-18(9-7-15)25-22(24)26/h3-4,6-10,12-13,17H,5,11H2,1-2H3,(H3,24,25,26). The number of hydrogen-bond donors (Lipinski definition) is 2. The van der Waals surface area contributed by atoms with Gasteiger partial charge in [-0.1, -0.05) is 42.0 Å². The molecule has 3 N–H and O–H groups in total. The van der Waals surface area contributed by atoms with E-state index in [1.54, 1.807) is 12.1 Å². The Bertz CT molecular complexity index is 901. The van der Waals surface area contributed by atoms with Crippen LogP contribution < -0.4 is 15.8 Å². The highest BCUT2D eigenvalue weighted by molar-refractivity contribution is 5.87. The van der Waals surface area contributed by atoms with E-state index in [0.717, 1.165) is 28.7 Å². The quantitative estimate of drug-likeness (QED) is 0.790. The number of urea groups is 1. The molecule has 0 heterocycles. The van der Waals surface area contributed by atoms with Gasteiger partial charge in [-0.15, -0.1) is 0 Å². The zero-order chi connectivity index (χ0) is 19.4. The van der Waals surface area contributed by atoms with Crippen LogP contribution >= 0.6 is 0 Å². The Balaban J connectivity index is 1.88. The van der Waals surface area contributed by atoms with Gasteiger partial charge in [-0.2, -0.15) is 0 Å². The van der Waals surface area contributed by atoms with Gasteiger partial charge in [0.25, 0.3) is 0 Å². The predicted octanol–water partition coefficient (Wildman–Crippen LogP) is 4.91. The smallest absolute Gasteiger partial charge is 0.316 e. The van der Waals surface area contributed by atoms with E-state index in [0.29, 0.717) is 17.9 Å². The number of carbonyl (C=O) groups is 1. The van der Waals surface area contributed by atoms with Crippen LogP contribution in [0.25, 0.3) is 0 Å². The fourth-order valence-corrected chi connectivity index (χ4v) is 3.41. The van der Waals surface area contributed by atoms with Crippen LogP contribution in [0.5, 0.6) is 5.75 Å². The number of allylic oxidation sites excluding steroid dienone is 4. The Morgan fingerprint density at radius 3 is 2.63 bits per heavy atom. The van der Waals surface area contributed by atoms with Crippen LogP contribution in [0.2, 0.25) is 0 Å². The molecule has 1 aliphatic rings. The minimum Gasteiger partial charge on any atom is -0.493 e. The molecule has 5 heteroatoms. The van der Waals surface area contributed by atoms with Crippen LogP contribution in [0.1, 0.15) is 36.0 Å². The molecule has 1 aliphatic carbocycles. The average molecular weight is 366 g/mol. The fraction of sp³-hybridized carbons (Fsp3) is 0.227. The van der Waals surface area contributed by atoms with E-state index in [4.69, 9.17) is 10.5 Å². The Kier molecular flexibility index (Phi) is 5.60. The van der Waals surface area contributed by atoms with Crippen molar-refractivity contribution in [2.75, 3.05) is 12.4 Å². The summed E-state index contributed by atoms with van der Waals surface area (Å²) >= 11 is 0. The zero-order valence-corrected chi connectivity index (χ0v) is 15.5. The van der Waals surface area contributed by atoms with Crippen molar-refractivity contribution >= 4 is 11.7 Å². The first-order valence-corrected chi connectivity index (χ1v) is 8.83. The Morgan fingerprint density at radius 2 is 2.00 bits per heavy atom. The summed E-state index contributed by atoms with van der Waals surface area (Å²) in [5.41, 5.74) is 9.65. The van der Waals surface area contributed by atoms with Crippen LogP contribution in [0, 0.1) is 5.82 Å². The summed E-state index contributed by atoms with van der Waals surface area (Å²) in [5, 5.41) is 2.53. The molecular formula is C22H23FN2O2. The summed E-state index contributed by atoms with van der Waals surface area (Å²) in [6.45, 7) is 2.04. The first-order valence-electron chi connectivity index (χ1n) is 8.83. The van der Waals surface area contributed by atoms with Crippen molar-refractivity contribution in [2.45, 2.75) is 25.7 Å². The van der Waals surface area contributed by atoms with Crippen LogP contribution in [0.4, 0.5) is 14.9 Å². The Morgan fingerprint density at radius 1 is 1.26 bits per heavy atom. The number of hydrogen-bond acceptors (Lipinski definition) is 2. The predicted molar refractivity (Wildman–Crippen MR) is 106 cm³/mol. The summed E-state index contributed by atoms with van der Waals surface area (Å²) in [5.74, 6) is 0.0586. The van der Waals surface area contributed by atoms with Gasteiger partial charge in [-0.05, 0) is 49.1 Å². The molecule has 0 aromatic heterocycles. The van der Waals surface area contributed by atoms with Crippen molar-refractivity contribution in [1.82, 2.24) is 0 Å². The second kappa shape index (κ2) is 8.08. The van der Waals surface area contributed by atoms with Crippen molar-refractivity contribution in [1.29, 1.82) is 0 Å². The van der Waals surface area contributed by atoms with Crippen molar-refractivity contribution in [3.63, 3.8) is 0 Å². The SMILES string of the molecule is COc1c(F)cc(Cc2ccc(NC(N)=O)cc2)cc1C1C=C(C)C=CC1. The largest absolute Gasteiger partial charge is 0.493 e. The Labute approximate surface area is 158 Å². The number of ether oxygens (including phenoxy) is 1. The van der Waals surface area contributed by atoms with Crippen LogP contribution in [-0.2, 0) is 6.42 Å². The maximum Gasteiger partial charge on any atom is 0.316 e. The van der Waals surface area contributed by atoms with Gasteiger partial charge in [0.2, 0.25) is 0 Å². The molecule has 2 aromatic rings. The lowest BCUT2D eigenvalue weighted by Crippen LogP contribution is -2.19. The number of primary amides is 1. The second-order valence-electron chi connectivity index (χ2n) is 6.72. The van der Waals surface area contributed by atoms with Crippen LogP contribution in [-0.4, -0.2) is 13.1 Å². The van der Waals surface area contributed by atoms with Gasteiger partial charge in [-0.3, -0.25) is 0 Å². The lowest BCUT2D eigenvalue weighted by molar-refractivity contribution is 0.259. The van der Waals surface area contributed by atoms with Crippen molar-refractivity contribution in [3.8, 4) is 5.75 Å². The van der Waals surface area contributed by atoms with E-state index >= 15 is 0 Å². The van der Waals surface area contributed by atoms with Crippen molar-refractivity contribution < 1.29 is 13.9 Å². The van der Waals surface area contributed by atoms with E-state index in [1.165, 1.54) is 13.2 Å². The highest BCUT2D eigenvalue weighted by Crippen LogP contribution is 2.36. The maximum absolute atomic E-state index is 14.6. The fourth-order valence-electron chi connectivity index (χ4n) is 3.41. The van der Waals surface area contributed by atoms with E-state index in [1.807, 2.05) is 25.1 Å². The summed E-state index contributed by atoms with van der Waals surface area (Å²) in [6.07, 6.45) is 7.73. The number of halogens is 1. The number of rotatable bonds is 5. The number of methoxy groups -OCH3 is 1. The number of nitrogens with one attached hydrogen (secondary N) is 1. The molecule has 27 heavy (non-hydrogen) atoms. The van der Waals surface area contributed by atoms with Crippen molar-refractivity contribution in [2.24, 2.45) is 5.73 Å². The van der Waals surface area contributed by atoms with Crippen LogP contribution in [0.3, 0.4) is 0 Å². The third-order valence-electron chi connectivity index (χ3n) is 4.60. The molecule has 0 spiro atoms. The number of carbonyl (C=O) groups excluding carboxylic acids is 1. The van der Waals surface area contributed by atoms with E-state index in [-0.39, 0.29) is 11.7 Å². The van der Waals surface area contributed by atoms with E-state index < -0.39 is 6.03 Å². The summed E-state index contributed by atoms with van der Waals surface area (Å²) in [7, 11) is 1.50. The van der Waals surface area contributed by atoms with Gasteiger partial charge in [0.15, 0.2) is 11.6 Å². The lowest BCUT2D eigenvalue weighted by atomic mass is 9.87.